The number of thiocarbonyl (C=S) groups is 1. The second-order valence-corrected chi connectivity index (χ2v) is 9.15. The van der Waals surface area contributed by atoms with Crippen LogP contribution in [0.2, 0.25) is 0 Å². The molecule has 0 aliphatic carbocycles. The number of nitrogens with one attached hydrogen (secondary N) is 2. The maximum absolute atomic E-state index is 12.7. The summed E-state index contributed by atoms with van der Waals surface area (Å²) in [6.45, 7) is 4.48. The van der Waals surface area contributed by atoms with E-state index in [1.165, 1.54) is 0 Å². The fourth-order valence-electron chi connectivity index (χ4n) is 4.00. The largest absolute Gasteiger partial charge is 0.489 e. The van der Waals surface area contributed by atoms with Gasteiger partial charge in [0.05, 0.1) is 0 Å². The lowest BCUT2D eigenvalue weighted by Crippen LogP contribution is -2.34. The van der Waals surface area contributed by atoms with Crippen molar-refractivity contribution in [3.8, 4) is 17.2 Å². The van der Waals surface area contributed by atoms with Gasteiger partial charge >= 0.3 is 0 Å². The minimum Gasteiger partial charge on any atom is -0.489 e. The molecule has 0 fully saturated rings. The summed E-state index contributed by atoms with van der Waals surface area (Å²) in [4.78, 5) is 17.4. The Labute approximate surface area is 220 Å². The molecule has 0 saturated heterocycles. The Balaban J connectivity index is 1.19. The third kappa shape index (κ3) is 5.85. The van der Waals surface area contributed by atoms with Gasteiger partial charge in [0.1, 0.15) is 17.9 Å². The van der Waals surface area contributed by atoms with Gasteiger partial charge in [-0.3, -0.25) is 10.1 Å². The zero-order valence-electron chi connectivity index (χ0n) is 20.4. The zero-order valence-corrected chi connectivity index (χ0v) is 21.3. The van der Waals surface area contributed by atoms with E-state index in [1.807, 2.05) is 80.6 Å². The van der Waals surface area contributed by atoms with Crippen LogP contribution in [-0.2, 0) is 6.61 Å². The summed E-state index contributed by atoms with van der Waals surface area (Å²) in [6, 6.07) is 28.5. The zero-order chi connectivity index (χ0) is 25.8. The molecule has 1 heterocycles. The van der Waals surface area contributed by atoms with Crippen LogP contribution in [0.4, 0.5) is 5.69 Å². The van der Waals surface area contributed by atoms with Crippen molar-refractivity contribution < 1.29 is 13.9 Å². The number of anilines is 1. The van der Waals surface area contributed by atoms with Crippen LogP contribution in [0.3, 0.4) is 0 Å². The molecule has 2 N–H and O–H groups in total. The first kappa shape index (κ1) is 24.2. The molecule has 0 aliphatic heterocycles. The fraction of sp³-hybridized carbons (Fsp3) is 0.100. The average molecular weight is 508 g/mol. The SMILES string of the molecule is Cc1cc(C)c2oc(-c3ccc(NC(=S)NC(=O)c4cccc(OCc5ccccc5)c4)cc3)nc2c1. The molecule has 0 aliphatic rings. The number of rotatable bonds is 6. The third-order valence-electron chi connectivity index (χ3n) is 5.78. The van der Waals surface area contributed by atoms with Crippen LogP contribution in [0.15, 0.2) is 95.4 Å². The van der Waals surface area contributed by atoms with Crippen LogP contribution >= 0.6 is 12.2 Å². The Hall–Kier alpha value is -4.49. The molecular formula is C30H25N3O3S. The Morgan fingerprint density at radius 2 is 1.73 bits per heavy atom. The maximum atomic E-state index is 12.7. The predicted molar refractivity (Wildman–Crippen MR) is 150 cm³/mol. The van der Waals surface area contributed by atoms with Gasteiger partial charge in [-0.05, 0) is 91.3 Å². The number of ether oxygens (including phenoxy) is 1. The van der Waals surface area contributed by atoms with E-state index >= 15 is 0 Å². The van der Waals surface area contributed by atoms with Crippen molar-refractivity contribution >= 4 is 40.0 Å². The highest BCUT2D eigenvalue weighted by Crippen LogP contribution is 2.28. The van der Waals surface area contributed by atoms with Gasteiger partial charge in [0.15, 0.2) is 10.7 Å². The predicted octanol–water partition coefficient (Wildman–Crippen LogP) is 6.82. The van der Waals surface area contributed by atoms with E-state index in [9.17, 15) is 4.79 Å². The van der Waals surface area contributed by atoms with Crippen molar-refractivity contribution in [2.75, 3.05) is 5.32 Å². The normalized spacial score (nSPS) is 10.8. The number of carbonyl (C=O) groups excluding carboxylic acids is 1. The van der Waals surface area contributed by atoms with Gasteiger partial charge in [-0.2, -0.15) is 0 Å². The molecule has 4 aromatic carbocycles. The second-order valence-electron chi connectivity index (χ2n) is 8.74. The van der Waals surface area contributed by atoms with Crippen LogP contribution in [0, 0.1) is 13.8 Å². The summed E-state index contributed by atoms with van der Waals surface area (Å²) >= 11 is 5.35. The average Bonchev–Trinajstić information content (AvgIpc) is 3.33. The van der Waals surface area contributed by atoms with E-state index < -0.39 is 0 Å². The van der Waals surface area contributed by atoms with Gasteiger partial charge in [-0.25, -0.2) is 4.98 Å². The first-order chi connectivity index (χ1) is 17.9. The quantitative estimate of drug-likeness (QED) is 0.246. The monoisotopic (exact) mass is 507 g/mol. The molecule has 37 heavy (non-hydrogen) atoms. The molecular weight excluding hydrogens is 482 g/mol. The minimum atomic E-state index is -0.323. The Bertz CT molecular complexity index is 1580. The van der Waals surface area contributed by atoms with Gasteiger partial charge < -0.3 is 14.5 Å². The highest BCUT2D eigenvalue weighted by Gasteiger charge is 2.12. The molecule has 0 unspecified atom stereocenters. The number of amides is 1. The van der Waals surface area contributed by atoms with Crippen molar-refractivity contribution in [1.29, 1.82) is 0 Å². The second kappa shape index (κ2) is 10.6. The van der Waals surface area contributed by atoms with Gasteiger partial charge in [0.2, 0.25) is 5.89 Å². The number of fused-ring (bicyclic) bond motifs is 1. The maximum Gasteiger partial charge on any atom is 0.257 e. The number of carbonyl (C=O) groups is 1. The molecule has 0 bridgehead atoms. The smallest absolute Gasteiger partial charge is 0.257 e. The molecule has 0 radical (unpaired) electrons. The number of nitrogens with zero attached hydrogens (tertiary/aromatic N) is 1. The van der Waals surface area contributed by atoms with Gasteiger partial charge in [-0.15, -0.1) is 0 Å². The van der Waals surface area contributed by atoms with Gasteiger partial charge in [0.25, 0.3) is 5.91 Å². The van der Waals surface area contributed by atoms with Crippen LogP contribution in [-0.4, -0.2) is 16.0 Å². The number of hydrogen-bond donors (Lipinski definition) is 2. The molecule has 7 heteroatoms. The lowest BCUT2D eigenvalue weighted by molar-refractivity contribution is 0.0977. The van der Waals surface area contributed by atoms with Crippen molar-refractivity contribution in [3.63, 3.8) is 0 Å². The number of aryl methyl sites for hydroxylation is 2. The van der Waals surface area contributed by atoms with E-state index in [0.717, 1.165) is 39.0 Å². The summed E-state index contributed by atoms with van der Waals surface area (Å²) in [6.07, 6.45) is 0. The Morgan fingerprint density at radius 3 is 2.51 bits per heavy atom. The fourth-order valence-corrected chi connectivity index (χ4v) is 4.21. The van der Waals surface area contributed by atoms with Crippen molar-refractivity contribution in [2.24, 2.45) is 0 Å². The van der Waals surface area contributed by atoms with Crippen molar-refractivity contribution in [1.82, 2.24) is 10.3 Å². The third-order valence-corrected chi connectivity index (χ3v) is 5.99. The van der Waals surface area contributed by atoms with E-state index in [-0.39, 0.29) is 11.0 Å². The Morgan fingerprint density at radius 1 is 0.946 bits per heavy atom. The highest BCUT2D eigenvalue weighted by molar-refractivity contribution is 7.80. The number of hydrogen-bond acceptors (Lipinski definition) is 5. The molecule has 0 saturated carbocycles. The number of oxazole rings is 1. The van der Waals surface area contributed by atoms with E-state index in [1.54, 1.807) is 18.2 Å². The first-order valence-corrected chi connectivity index (χ1v) is 12.2. The molecule has 1 aromatic heterocycles. The summed E-state index contributed by atoms with van der Waals surface area (Å²) in [7, 11) is 0. The highest BCUT2D eigenvalue weighted by atomic mass is 32.1. The molecule has 5 aromatic rings. The molecule has 6 nitrogen and oxygen atoms in total. The molecule has 184 valence electrons. The molecule has 0 atom stereocenters. The summed E-state index contributed by atoms with van der Waals surface area (Å²) in [5, 5.41) is 5.95. The lowest BCUT2D eigenvalue weighted by atomic mass is 10.1. The van der Waals surface area contributed by atoms with Gasteiger partial charge in [-0.1, -0.05) is 42.5 Å². The van der Waals surface area contributed by atoms with E-state index in [2.05, 4.69) is 21.7 Å². The molecule has 5 rings (SSSR count). The lowest BCUT2D eigenvalue weighted by Gasteiger charge is -2.11. The van der Waals surface area contributed by atoms with Crippen LogP contribution in [0.25, 0.3) is 22.6 Å². The summed E-state index contributed by atoms with van der Waals surface area (Å²) in [5.74, 6) is 0.840. The van der Waals surface area contributed by atoms with Crippen molar-refractivity contribution in [3.05, 3.63) is 113 Å². The van der Waals surface area contributed by atoms with Crippen LogP contribution < -0.4 is 15.4 Å². The Kier molecular flexibility index (Phi) is 6.96. The number of aromatic nitrogens is 1. The standard InChI is InChI=1S/C30H25N3O3S/c1-19-15-20(2)27-26(16-19)32-29(36-27)22-11-13-24(14-12-22)31-30(37)33-28(34)23-9-6-10-25(17-23)35-18-21-7-4-3-5-8-21/h3-17H,18H2,1-2H3,(H2,31,33,34,37). The minimum absolute atomic E-state index is 0.196. The van der Waals surface area contributed by atoms with Crippen molar-refractivity contribution in [2.45, 2.75) is 20.5 Å². The van der Waals surface area contributed by atoms with Gasteiger partial charge in [0, 0.05) is 16.8 Å². The summed E-state index contributed by atoms with van der Waals surface area (Å²) in [5.41, 5.74) is 6.92. The number of benzene rings is 4. The van der Waals surface area contributed by atoms with Crippen LogP contribution in [0.1, 0.15) is 27.0 Å². The summed E-state index contributed by atoms with van der Waals surface area (Å²) < 4.78 is 11.8. The first-order valence-electron chi connectivity index (χ1n) is 11.8. The van der Waals surface area contributed by atoms with E-state index in [0.29, 0.717) is 23.8 Å². The molecule has 1 amide bonds. The van der Waals surface area contributed by atoms with E-state index in [4.69, 9.17) is 21.4 Å². The topological polar surface area (TPSA) is 76.4 Å². The van der Waals surface area contributed by atoms with Crippen LogP contribution in [0.5, 0.6) is 5.75 Å². The molecule has 0 spiro atoms.